The summed E-state index contributed by atoms with van der Waals surface area (Å²) in [5.74, 6) is -6.43. The van der Waals surface area contributed by atoms with Crippen LogP contribution in [0.2, 0.25) is 0 Å². The van der Waals surface area contributed by atoms with Crippen LogP contribution in [0.25, 0.3) is 5.95 Å². The Morgan fingerprint density at radius 2 is 1.82 bits per heavy atom. The summed E-state index contributed by atoms with van der Waals surface area (Å²) in [6.45, 7) is 1.40. The minimum Gasteiger partial charge on any atom is -0.406 e. The van der Waals surface area contributed by atoms with Gasteiger partial charge < -0.3 is 15.8 Å². The lowest BCUT2D eigenvalue weighted by Gasteiger charge is -2.16. The molecule has 0 saturated carbocycles. The highest BCUT2D eigenvalue weighted by molar-refractivity contribution is 7.91. The van der Waals surface area contributed by atoms with Crippen molar-refractivity contribution in [3.63, 3.8) is 0 Å². The van der Waals surface area contributed by atoms with E-state index in [0.29, 0.717) is 12.1 Å². The van der Waals surface area contributed by atoms with Crippen LogP contribution in [0, 0.1) is 0 Å². The van der Waals surface area contributed by atoms with Crippen LogP contribution in [-0.2, 0) is 9.84 Å². The number of nitrogen functional groups attached to an aromatic ring is 1. The lowest BCUT2D eigenvalue weighted by molar-refractivity contribution is -0.274. The zero-order valence-electron chi connectivity index (χ0n) is 16.9. The van der Waals surface area contributed by atoms with Crippen molar-refractivity contribution in [3.05, 3.63) is 48.0 Å². The average molecular weight is 507 g/mol. The number of nitrogens with one attached hydrogen (secondary N) is 1. The molecule has 1 aromatic carbocycles. The molecule has 17 heteroatoms. The highest BCUT2D eigenvalue weighted by Crippen LogP contribution is 2.29. The van der Waals surface area contributed by atoms with Crippen LogP contribution in [0.3, 0.4) is 0 Å². The Balaban J connectivity index is 1.96. The molecule has 0 aliphatic rings. The van der Waals surface area contributed by atoms with Crippen LogP contribution in [-0.4, -0.2) is 51.2 Å². The van der Waals surface area contributed by atoms with Gasteiger partial charge in [-0.25, -0.2) is 18.4 Å². The Kier molecular flexibility index (Phi) is 6.67. The first-order valence-electron chi connectivity index (χ1n) is 9.01. The second-order valence-corrected chi connectivity index (χ2v) is 8.45. The van der Waals surface area contributed by atoms with Crippen molar-refractivity contribution in [2.24, 2.45) is 0 Å². The van der Waals surface area contributed by atoms with E-state index in [1.807, 2.05) is 0 Å². The number of hydrogen-bond acceptors (Lipinski definition) is 9. The predicted molar refractivity (Wildman–Crippen MR) is 104 cm³/mol. The van der Waals surface area contributed by atoms with Gasteiger partial charge in [0.25, 0.3) is 11.9 Å². The summed E-state index contributed by atoms with van der Waals surface area (Å²) in [6, 6.07) is 1.77. The summed E-state index contributed by atoms with van der Waals surface area (Å²) in [5.41, 5.74) is 4.89. The van der Waals surface area contributed by atoms with Gasteiger partial charge in [-0.05, 0) is 31.2 Å². The molecule has 0 radical (unpaired) electrons. The van der Waals surface area contributed by atoms with Gasteiger partial charge in [0.2, 0.25) is 15.8 Å². The summed E-state index contributed by atoms with van der Waals surface area (Å²) in [4.78, 5) is 23.3. The predicted octanol–water partition coefficient (Wildman–Crippen LogP) is 2.03. The average Bonchev–Trinajstić information content (AvgIpc) is 3.14. The van der Waals surface area contributed by atoms with Crippen molar-refractivity contribution in [2.45, 2.75) is 30.0 Å². The Hall–Kier alpha value is -3.89. The number of carbonyl (C=O) groups is 1. The molecule has 0 unspecified atom stereocenters. The molecule has 2 aromatic heterocycles. The number of alkyl halides is 5. The molecule has 34 heavy (non-hydrogen) atoms. The van der Waals surface area contributed by atoms with Gasteiger partial charge in [-0.15, -0.1) is 18.3 Å². The van der Waals surface area contributed by atoms with Crippen LogP contribution in [0.4, 0.5) is 27.9 Å². The quantitative estimate of drug-likeness (QED) is 0.457. The van der Waals surface area contributed by atoms with Crippen molar-refractivity contribution in [1.82, 2.24) is 30.0 Å². The van der Waals surface area contributed by atoms with Gasteiger partial charge >= 0.3 is 12.1 Å². The van der Waals surface area contributed by atoms with Gasteiger partial charge in [0.05, 0.1) is 10.9 Å². The molecule has 182 valence electrons. The molecule has 0 aliphatic carbocycles. The monoisotopic (exact) mass is 507 g/mol. The van der Waals surface area contributed by atoms with Crippen molar-refractivity contribution >= 4 is 21.7 Å². The fraction of sp³-hybridized carbons (Fsp3) is 0.235. The summed E-state index contributed by atoms with van der Waals surface area (Å²) in [6.07, 6.45) is -2.49. The Bertz CT molecular complexity index is 1300. The second-order valence-electron chi connectivity index (χ2n) is 6.53. The zero-order valence-corrected chi connectivity index (χ0v) is 17.7. The van der Waals surface area contributed by atoms with E-state index in [1.54, 1.807) is 0 Å². The number of ether oxygens (including phenoxy) is 1. The maximum Gasteiger partial charge on any atom is 0.573 e. The van der Waals surface area contributed by atoms with Crippen LogP contribution in [0.1, 0.15) is 29.1 Å². The largest absolute Gasteiger partial charge is 0.573 e. The molecule has 3 rings (SSSR count). The zero-order chi connectivity index (χ0) is 25.3. The van der Waals surface area contributed by atoms with Crippen LogP contribution in [0.5, 0.6) is 5.75 Å². The van der Waals surface area contributed by atoms with E-state index in [0.717, 1.165) is 4.68 Å². The standard InChI is InChI=1S/C17H14F5N7O4S/c1-8(12-27-15(23)28-29(12)16-24-3-2-4-25-16)26-13(30)9-5-10(33-17(20,21)22)7-11(6-9)34(31,32)14(18)19/h2-8,14H,1H3,(H2,23,28)(H,26,30)/t8-/m0/s1. The molecule has 0 aliphatic heterocycles. The Morgan fingerprint density at radius 3 is 2.41 bits per heavy atom. The molecular formula is C17H14F5N7O4S. The molecule has 3 aromatic rings. The van der Waals surface area contributed by atoms with Gasteiger partial charge in [0, 0.05) is 18.0 Å². The number of aromatic nitrogens is 5. The topological polar surface area (TPSA) is 155 Å². The number of nitrogens with two attached hydrogens (primary N) is 1. The van der Waals surface area contributed by atoms with Gasteiger partial charge in [0.15, 0.2) is 5.82 Å². The van der Waals surface area contributed by atoms with Crippen LogP contribution < -0.4 is 15.8 Å². The van der Waals surface area contributed by atoms with Gasteiger partial charge in [0.1, 0.15) is 5.75 Å². The highest BCUT2D eigenvalue weighted by atomic mass is 32.2. The van der Waals surface area contributed by atoms with Gasteiger partial charge in [-0.2, -0.15) is 18.4 Å². The summed E-state index contributed by atoms with van der Waals surface area (Å²) >= 11 is 0. The number of carbonyl (C=O) groups excluding carboxylic acids is 1. The minimum atomic E-state index is -5.35. The fourth-order valence-electron chi connectivity index (χ4n) is 2.68. The second kappa shape index (κ2) is 9.16. The first-order chi connectivity index (χ1) is 15.8. The summed E-state index contributed by atoms with van der Waals surface area (Å²) in [5, 5.41) is 6.24. The number of amides is 1. The third-order valence-corrected chi connectivity index (χ3v) is 5.43. The van der Waals surface area contributed by atoms with E-state index in [9.17, 15) is 35.2 Å². The maximum atomic E-state index is 12.9. The van der Waals surface area contributed by atoms with Gasteiger partial charge in [-0.1, -0.05) is 0 Å². The lowest BCUT2D eigenvalue weighted by Crippen LogP contribution is -2.29. The minimum absolute atomic E-state index is 0.0140. The highest BCUT2D eigenvalue weighted by Gasteiger charge is 2.34. The third kappa shape index (κ3) is 5.53. The van der Waals surface area contributed by atoms with E-state index >= 15 is 0 Å². The van der Waals surface area contributed by atoms with E-state index < -0.39 is 50.1 Å². The fourth-order valence-corrected chi connectivity index (χ4v) is 3.45. The number of halogens is 5. The van der Waals surface area contributed by atoms with E-state index in [-0.39, 0.29) is 23.8 Å². The number of anilines is 1. The molecule has 1 atom stereocenters. The number of benzene rings is 1. The maximum absolute atomic E-state index is 12.9. The van der Waals surface area contributed by atoms with Crippen molar-refractivity contribution < 1.29 is 39.9 Å². The number of rotatable bonds is 7. The smallest absolute Gasteiger partial charge is 0.406 e. The molecular weight excluding hydrogens is 493 g/mol. The van der Waals surface area contributed by atoms with Crippen LogP contribution in [0.15, 0.2) is 41.6 Å². The molecule has 0 bridgehead atoms. The first kappa shape index (κ1) is 24.7. The Morgan fingerprint density at radius 1 is 1.18 bits per heavy atom. The SMILES string of the molecule is C[C@H](NC(=O)c1cc(OC(F)(F)F)cc(S(=O)(=O)C(F)F)c1)c1nc(N)nn1-c1ncccn1. The Labute approximate surface area is 187 Å². The molecule has 1 amide bonds. The number of nitrogens with zero attached hydrogens (tertiary/aromatic N) is 5. The number of hydrogen-bond donors (Lipinski definition) is 2. The lowest BCUT2D eigenvalue weighted by atomic mass is 10.2. The first-order valence-corrected chi connectivity index (χ1v) is 10.6. The summed E-state index contributed by atoms with van der Waals surface area (Å²) in [7, 11) is -5.35. The van der Waals surface area contributed by atoms with E-state index in [2.05, 4.69) is 30.1 Å². The molecule has 2 heterocycles. The van der Waals surface area contributed by atoms with E-state index in [1.165, 1.54) is 25.4 Å². The molecule has 11 nitrogen and oxygen atoms in total. The molecule has 0 fully saturated rings. The normalized spacial score (nSPS) is 13.0. The summed E-state index contributed by atoms with van der Waals surface area (Å²) < 4.78 is 92.1. The van der Waals surface area contributed by atoms with Crippen molar-refractivity contribution in [1.29, 1.82) is 0 Å². The molecule has 3 N–H and O–H groups in total. The number of sulfone groups is 1. The van der Waals surface area contributed by atoms with E-state index in [4.69, 9.17) is 5.73 Å². The van der Waals surface area contributed by atoms with Crippen molar-refractivity contribution in [2.75, 3.05) is 5.73 Å². The molecule has 0 spiro atoms. The third-order valence-electron chi connectivity index (χ3n) is 4.06. The van der Waals surface area contributed by atoms with Crippen LogP contribution >= 0.6 is 0 Å². The molecule has 0 saturated heterocycles. The van der Waals surface area contributed by atoms with Gasteiger partial charge in [-0.3, -0.25) is 4.79 Å². The van der Waals surface area contributed by atoms with Crippen molar-refractivity contribution in [3.8, 4) is 11.7 Å².